The van der Waals surface area contributed by atoms with Gasteiger partial charge in [-0.05, 0) is 76.7 Å². The summed E-state index contributed by atoms with van der Waals surface area (Å²) in [7, 11) is 2.76. The van der Waals surface area contributed by atoms with Gasteiger partial charge in [-0.25, -0.2) is 9.59 Å². The number of rotatable bonds is 10. The van der Waals surface area contributed by atoms with Crippen LogP contribution in [0, 0.1) is 5.41 Å². The molecule has 4 aromatic carbocycles. The smallest absolute Gasteiger partial charge is 0.339 e. The van der Waals surface area contributed by atoms with E-state index in [1.807, 2.05) is 53.2 Å². The van der Waals surface area contributed by atoms with Crippen LogP contribution in [0.1, 0.15) is 53.3 Å². The van der Waals surface area contributed by atoms with E-state index in [1.54, 1.807) is 24.3 Å². The van der Waals surface area contributed by atoms with E-state index in [2.05, 4.69) is 5.32 Å². The number of nitrogen functional groups attached to an aromatic ring is 1. The Balaban J connectivity index is 1.72. The number of methoxy groups -OCH3 is 1. The zero-order valence-corrected chi connectivity index (χ0v) is 24.0. The molecule has 0 saturated carbocycles. The number of carbonyl (C=O) groups is 3. The van der Waals surface area contributed by atoms with Crippen LogP contribution in [-0.2, 0) is 13.0 Å². The van der Waals surface area contributed by atoms with Gasteiger partial charge in [-0.1, -0.05) is 36.4 Å². The second-order valence-electron chi connectivity index (χ2n) is 10.2. The van der Waals surface area contributed by atoms with Crippen molar-refractivity contribution < 1.29 is 29.3 Å². The first-order valence-electron chi connectivity index (χ1n) is 13.6. The van der Waals surface area contributed by atoms with Gasteiger partial charge in [-0.15, -0.1) is 0 Å². The summed E-state index contributed by atoms with van der Waals surface area (Å²) in [5, 5.41) is 31.4. The van der Waals surface area contributed by atoms with Crippen molar-refractivity contribution in [3.8, 4) is 16.9 Å². The summed E-state index contributed by atoms with van der Waals surface area (Å²) in [5.41, 5.74) is 10.4. The van der Waals surface area contributed by atoms with Gasteiger partial charge in [0.05, 0.1) is 12.7 Å². The van der Waals surface area contributed by atoms with Crippen molar-refractivity contribution in [2.24, 2.45) is 5.73 Å². The van der Waals surface area contributed by atoms with Gasteiger partial charge in [0.1, 0.15) is 17.1 Å². The molecule has 0 aliphatic rings. The molecule has 0 radical (unpaired) electrons. The standard InChI is InChI=1S/C34H30N4O6/c1-37-32(39)21-8-9-22(24(14-21)26-15-28(34(42)43)30(44-2)16-27(26)33(40)41)17-38-18-23(12-19-6-4-3-5-7-19)25-13-20(31(35)36)10-11-29(25)38/h3-11,13-16,18H,12,17H2,1-2H3,(H3,35,36)(H,37,39)(H,40,41)(H,42,43). The van der Waals surface area contributed by atoms with Gasteiger partial charge in [0, 0.05) is 41.8 Å². The topological polar surface area (TPSA) is 168 Å². The molecule has 0 unspecified atom stereocenters. The van der Waals surface area contributed by atoms with E-state index in [-0.39, 0.29) is 46.3 Å². The van der Waals surface area contributed by atoms with E-state index >= 15 is 0 Å². The third-order valence-electron chi connectivity index (χ3n) is 7.54. The fraction of sp³-hybridized carbons (Fsp3) is 0.118. The number of hydrogen-bond acceptors (Lipinski definition) is 5. The van der Waals surface area contributed by atoms with E-state index < -0.39 is 11.9 Å². The van der Waals surface area contributed by atoms with Gasteiger partial charge >= 0.3 is 11.9 Å². The molecule has 0 aliphatic carbocycles. The Morgan fingerprint density at radius 2 is 1.57 bits per heavy atom. The molecule has 0 spiro atoms. The lowest BCUT2D eigenvalue weighted by atomic mass is 9.91. The minimum absolute atomic E-state index is 0.0488. The third kappa shape index (κ3) is 5.73. The highest BCUT2D eigenvalue weighted by Crippen LogP contribution is 2.35. The average Bonchev–Trinajstić information content (AvgIpc) is 3.36. The molecule has 1 amide bonds. The summed E-state index contributed by atoms with van der Waals surface area (Å²) in [6.45, 7) is 0.265. The average molecular weight is 591 g/mol. The van der Waals surface area contributed by atoms with Crippen molar-refractivity contribution in [2.45, 2.75) is 13.0 Å². The highest BCUT2D eigenvalue weighted by Gasteiger charge is 2.23. The van der Waals surface area contributed by atoms with Gasteiger partial charge in [0.2, 0.25) is 0 Å². The number of fused-ring (bicyclic) bond motifs is 1. The Kier molecular flexibility index (Phi) is 8.17. The minimum Gasteiger partial charge on any atom is -0.496 e. The van der Waals surface area contributed by atoms with Crippen LogP contribution in [0.2, 0.25) is 0 Å². The molecule has 0 saturated heterocycles. The maximum Gasteiger partial charge on any atom is 0.339 e. The molecule has 5 aromatic rings. The Bertz CT molecular complexity index is 1950. The summed E-state index contributed by atoms with van der Waals surface area (Å²) >= 11 is 0. The first-order valence-corrected chi connectivity index (χ1v) is 13.6. The molecule has 0 aliphatic heterocycles. The first-order chi connectivity index (χ1) is 21.1. The number of carbonyl (C=O) groups excluding carboxylic acids is 1. The second-order valence-corrected chi connectivity index (χ2v) is 10.2. The SMILES string of the molecule is CNC(=O)c1ccc(Cn2cc(Cc3ccccc3)c3cc(C(=N)N)ccc32)c(-c2cc(C(=O)O)c(OC)cc2C(=O)O)c1. The van der Waals surface area contributed by atoms with Gasteiger partial charge in [0.25, 0.3) is 5.91 Å². The van der Waals surface area contributed by atoms with Crippen molar-refractivity contribution in [2.75, 3.05) is 14.2 Å². The highest BCUT2D eigenvalue weighted by molar-refractivity contribution is 6.03. The zero-order chi connectivity index (χ0) is 31.5. The van der Waals surface area contributed by atoms with Crippen LogP contribution in [-0.4, -0.2) is 52.6 Å². The number of ether oxygens (including phenoxy) is 1. The molecule has 44 heavy (non-hydrogen) atoms. The number of hydrogen-bond donors (Lipinski definition) is 5. The maximum atomic E-state index is 12.6. The van der Waals surface area contributed by atoms with Crippen molar-refractivity contribution in [3.05, 3.63) is 124 Å². The molecule has 6 N–H and O–H groups in total. The van der Waals surface area contributed by atoms with Gasteiger partial charge in [-0.2, -0.15) is 0 Å². The maximum absolute atomic E-state index is 12.6. The Morgan fingerprint density at radius 3 is 2.20 bits per heavy atom. The van der Waals surface area contributed by atoms with Crippen molar-refractivity contribution >= 4 is 34.6 Å². The third-order valence-corrected chi connectivity index (χ3v) is 7.54. The van der Waals surface area contributed by atoms with Crippen molar-refractivity contribution in [1.82, 2.24) is 9.88 Å². The molecule has 222 valence electrons. The summed E-state index contributed by atoms with van der Waals surface area (Å²) in [4.78, 5) is 37.1. The molecular formula is C34H30N4O6. The molecular weight excluding hydrogens is 560 g/mol. The van der Waals surface area contributed by atoms with E-state index in [1.165, 1.54) is 26.3 Å². The predicted molar refractivity (Wildman–Crippen MR) is 167 cm³/mol. The van der Waals surface area contributed by atoms with Crippen LogP contribution in [0.5, 0.6) is 5.75 Å². The molecule has 1 aromatic heterocycles. The lowest BCUT2D eigenvalue weighted by Gasteiger charge is -2.17. The summed E-state index contributed by atoms with van der Waals surface area (Å²) in [5.74, 6) is -3.08. The lowest BCUT2D eigenvalue weighted by Crippen LogP contribution is -2.18. The monoisotopic (exact) mass is 590 g/mol. The van der Waals surface area contributed by atoms with Crippen LogP contribution in [0.4, 0.5) is 0 Å². The highest BCUT2D eigenvalue weighted by atomic mass is 16.5. The minimum atomic E-state index is -1.28. The van der Waals surface area contributed by atoms with Crippen LogP contribution < -0.4 is 15.8 Å². The molecule has 5 rings (SSSR count). The predicted octanol–water partition coefficient (Wildman–Crippen LogP) is 5.00. The van der Waals surface area contributed by atoms with E-state index in [0.717, 1.165) is 22.0 Å². The largest absolute Gasteiger partial charge is 0.496 e. The van der Waals surface area contributed by atoms with Crippen LogP contribution in [0.15, 0.2) is 85.1 Å². The molecule has 10 nitrogen and oxygen atoms in total. The number of aromatic nitrogens is 1. The molecule has 0 bridgehead atoms. The van der Waals surface area contributed by atoms with E-state index in [0.29, 0.717) is 23.1 Å². The number of aromatic carboxylic acids is 2. The lowest BCUT2D eigenvalue weighted by molar-refractivity contribution is 0.0678. The summed E-state index contributed by atoms with van der Waals surface area (Å²) < 4.78 is 7.20. The first kappa shape index (κ1) is 29.6. The number of amides is 1. The number of amidine groups is 1. The van der Waals surface area contributed by atoms with Crippen LogP contribution >= 0.6 is 0 Å². The van der Waals surface area contributed by atoms with Crippen LogP contribution in [0.3, 0.4) is 0 Å². The Morgan fingerprint density at radius 1 is 0.864 bits per heavy atom. The number of carboxylic acids is 2. The molecule has 1 heterocycles. The van der Waals surface area contributed by atoms with Gasteiger partial charge in [-0.3, -0.25) is 10.2 Å². The van der Waals surface area contributed by atoms with Crippen LogP contribution in [0.25, 0.3) is 22.0 Å². The normalized spacial score (nSPS) is 10.9. The fourth-order valence-electron chi connectivity index (χ4n) is 5.38. The Labute approximate surface area is 252 Å². The number of nitrogens with one attached hydrogen (secondary N) is 2. The summed E-state index contributed by atoms with van der Waals surface area (Å²) in [6.07, 6.45) is 2.63. The van der Waals surface area contributed by atoms with Crippen molar-refractivity contribution in [3.63, 3.8) is 0 Å². The fourth-order valence-corrected chi connectivity index (χ4v) is 5.38. The number of nitrogens with two attached hydrogens (primary N) is 1. The van der Waals surface area contributed by atoms with E-state index in [9.17, 15) is 24.6 Å². The zero-order valence-electron chi connectivity index (χ0n) is 24.0. The van der Waals surface area contributed by atoms with Crippen molar-refractivity contribution in [1.29, 1.82) is 5.41 Å². The van der Waals surface area contributed by atoms with Gasteiger partial charge in [0.15, 0.2) is 0 Å². The number of carboxylic acid groups (broad SMARTS) is 2. The Hall–Kier alpha value is -5.90. The van der Waals surface area contributed by atoms with E-state index in [4.69, 9.17) is 15.9 Å². The molecule has 0 atom stereocenters. The molecule has 0 fully saturated rings. The summed E-state index contributed by atoms with van der Waals surface area (Å²) in [6, 6.07) is 22.9. The second kappa shape index (κ2) is 12.1. The van der Waals surface area contributed by atoms with Gasteiger partial charge < -0.3 is 30.6 Å². The number of nitrogens with zero attached hydrogens (tertiary/aromatic N) is 1. The molecule has 10 heteroatoms. The quantitative estimate of drug-likeness (QED) is 0.113. The number of benzene rings is 4.